The number of imidazole rings is 1. The Morgan fingerprint density at radius 1 is 1.21 bits per heavy atom. The molecule has 0 unspecified atom stereocenters. The Hall–Kier alpha value is -1.94. The molecule has 0 radical (unpaired) electrons. The molecule has 3 rings (SSSR count). The van der Waals surface area contributed by atoms with Crippen molar-refractivity contribution in [3.63, 3.8) is 0 Å². The molecule has 3 aromatic rings. The van der Waals surface area contributed by atoms with E-state index in [-0.39, 0.29) is 0 Å². The zero-order chi connectivity index (χ0) is 13.2. The lowest BCUT2D eigenvalue weighted by atomic mass is 10.1. The number of fused-ring (bicyclic) bond motifs is 1. The number of halogens is 1. The van der Waals surface area contributed by atoms with Crippen LogP contribution in [-0.2, 0) is 6.42 Å². The first-order chi connectivity index (χ1) is 9.31. The van der Waals surface area contributed by atoms with Gasteiger partial charge < -0.3 is 0 Å². The lowest BCUT2D eigenvalue weighted by molar-refractivity contribution is 0.901. The van der Waals surface area contributed by atoms with Crippen LogP contribution in [0.3, 0.4) is 0 Å². The Morgan fingerprint density at radius 2 is 2.11 bits per heavy atom. The van der Waals surface area contributed by atoms with Crippen molar-refractivity contribution in [2.45, 2.75) is 19.8 Å². The molecule has 0 atom stereocenters. The van der Waals surface area contributed by atoms with E-state index >= 15 is 0 Å². The highest BCUT2D eigenvalue weighted by atomic mass is 35.5. The molecule has 4 nitrogen and oxygen atoms in total. The summed E-state index contributed by atoms with van der Waals surface area (Å²) in [4.78, 5) is 12.8. The van der Waals surface area contributed by atoms with Gasteiger partial charge in [0.25, 0.3) is 0 Å². The summed E-state index contributed by atoms with van der Waals surface area (Å²) < 4.78 is 2.01. The van der Waals surface area contributed by atoms with Crippen LogP contribution in [0, 0.1) is 0 Å². The molecule has 0 fully saturated rings. The molecule has 3 heterocycles. The lowest BCUT2D eigenvalue weighted by Gasteiger charge is -2.10. The molecule has 0 bridgehead atoms. The molecule has 3 aromatic heterocycles. The van der Waals surface area contributed by atoms with Gasteiger partial charge in [-0.25, -0.2) is 15.0 Å². The Bertz CT molecular complexity index is 720. The summed E-state index contributed by atoms with van der Waals surface area (Å²) in [6.07, 6.45) is 7.07. The number of hydrogen-bond donors (Lipinski definition) is 0. The summed E-state index contributed by atoms with van der Waals surface area (Å²) in [6.45, 7) is 2.12. The number of rotatable bonds is 3. The molecule has 0 aliphatic rings. The third-order valence-corrected chi connectivity index (χ3v) is 3.39. The molecule has 5 heteroatoms. The molecule has 0 saturated carbocycles. The van der Waals surface area contributed by atoms with Crippen molar-refractivity contribution in [3.8, 4) is 11.4 Å². The minimum absolute atomic E-state index is 0.531. The van der Waals surface area contributed by atoms with Crippen LogP contribution in [-0.4, -0.2) is 19.4 Å². The van der Waals surface area contributed by atoms with Crippen molar-refractivity contribution in [1.29, 1.82) is 0 Å². The second kappa shape index (κ2) is 4.97. The summed E-state index contributed by atoms with van der Waals surface area (Å²) in [5, 5.41) is 0.531. The molecule has 0 aliphatic heterocycles. The molecule has 0 spiro atoms. The van der Waals surface area contributed by atoms with Gasteiger partial charge in [0.2, 0.25) is 0 Å². The fourth-order valence-electron chi connectivity index (χ4n) is 2.22. The van der Waals surface area contributed by atoms with E-state index in [1.807, 2.05) is 28.8 Å². The van der Waals surface area contributed by atoms with Gasteiger partial charge in [0.1, 0.15) is 17.1 Å². The van der Waals surface area contributed by atoms with Crippen molar-refractivity contribution in [1.82, 2.24) is 19.4 Å². The maximum Gasteiger partial charge on any atom is 0.137 e. The van der Waals surface area contributed by atoms with E-state index < -0.39 is 0 Å². The quantitative estimate of drug-likeness (QED) is 0.687. The van der Waals surface area contributed by atoms with Gasteiger partial charge in [0.15, 0.2) is 0 Å². The molecule has 0 N–H and O–H groups in total. The van der Waals surface area contributed by atoms with Crippen LogP contribution in [0.25, 0.3) is 17.0 Å². The zero-order valence-corrected chi connectivity index (χ0v) is 11.3. The largest absolute Gasteiger partial charge is 0.298 e. The molecule has 96 valence electrons. The van der Waals surface area contributed by atoms with Gasteiger partial charge in [-0.1, -0.05) is 31.0 Å². The van der Waals surface area contributed by atoms with E-state index in [1.54, 1.807) is 6.20 Å². The van der Waals surface area contributed by atoms with E-state index in [1.165, 1.54) is 6.33 Å². The molecule has 0 amide bonds. The highest BCUT2D eigenvalue weighted by Gasteiger charge is 2.13. The van der Waals surface area contributed by atoms with E-state index in [4.69, 9.17) is 11.6 Å². The average molecular weight is 273 g/mol. The van der Waals surface area contributed by atoms with Gasteiger partial charge in [-0.3, -0.25) is 4.40 Å². The van der Waals surface area contributed by atoms with Gasteiger partial charge >= 0.3 is 0 Å². The standard InChI is InChI=1S/C14H13ClN4/c1-2-4-10-13(17-9-18-14(10)15)11-5-3-6-12-16-7-8-19(11)12/h3,5-9H,2,4H2,1H3. The monoisotopic (exact) mass is 272 g/mol. The summed E-state index contributed by atoms with van der Waals surface area (Å²) in [5.74, 6) is 0. The smallest absolute Gasteiger partial charge is 0.137 e. The topological polar surface area (TPSA) is 43.1 Å². The number of nitrogens with zero attached hydrogens (tertiary/aromatic N) is 4. The van der Waals surface area contributed by atoms with Gasteiger partial charge in [-0.05, 0) is 18.6 Å². The number of pyridine rings is 1. The molecular formula is C14H13ClN4. The minimum Gasteiger partial charge on any atom is -0.298 e. The third kappa shape index (κ3) is 2.08. The minimum atomic E-state index is 0.531. The summed E-state index contributed by atoms with van der Waals surface area (Å²) in [7, 11) is 0. The fraction of sp³-hybridized carbons (Fsp3) is 0.214. The molecule has 0 aliphatic carbocycles. The van der Waals surface area contributed by atoms with Crippen LogP contribution in [0.15, 0.2) is 36.9 Å². The zero-order valence-electron chi connectivity index (χ0n) is 10.5. The highest BCUT2D eigenvalue weighted by molar-refractivity contribution is 6.30. The second-order valence-electron chi connectivity index (χ2n) is 4.31. The van der Waals surface area contributed by atoms with E-state index in [2.05, 4.69) is 21.9 Å². The van der Waals surface area contributed by atoms with Crippen LogP contribution in [0.5, 0.6) is 0 Å². The summed E-state index contributed by atoms with van der Waals surface area (Å²) >= 11 is 6.21. The Labute approximate surface area is 116 Å². The highest BCUT2D eigenvalue weighted by Crippen LogP contribution is 2.27. The van der Waals surface area contributed by atoms with E-state index in [9.17, 15) is 0 Å². The molecule has 0 aromatic carbocycles. The third-order valence-electron chi connectivity index (χ3n) is 3.06. The Morgan fingerprint density at radius 3 is 2.95 bits per heavy atom. The first-order valence-corrected chi connectivity index (χ1v) is 6.61. The number of aromatic nitrogens is 4. The van der Waals surface area contributed by atoms with Gasteiger partial charge in [0, 0.05) is 18.0 Å². The van der Waals surface area contributed by atoms with Gasteiger partial charge in [-0.2, -0.15) is 0 Å². The SMILES string of the molecule is CCCc1c(Cl)ncnc1-c1cccc2nccn12. The molecular weight excluding hydrogens is 260 g/mol. The van der Waals surface area contributed by atoms with Crippen molar-refractivity contribution in [2.75, 3.05) is 0 Å². The fourth-order valence-corrected chi connectivity index (χ4v) is 2.45. The lowest BCUT2D eigenvalue weighted by Crippen LogP contribution is -2.00. The van der Waals surface area contributed by atoms with Crippen LogP contribution >= 0.6 is 11.6 Å². The number of hydrogen-bond acceptors (Lipinski definition) is 3. The van der Waals surface area contributed by atoms with Gasteiger partial charge in [-0.15, -0.1) is 0 Å². The maximum atomic E-state index is 6.21. The van der Waals surface area contributed by atoms with Crippen molar-refractivity contribution in [2.24, 2.45) is 0 Å². The Kier molecular flexibility index (Phi) is 3.17. The van der Waals surface area contributed by atoms with E-state index in [0.29, 0.717) is 5.15 Å². The van der Waals surface area contributed by atoms with Gasteiger partial charge in [0.05, 0.1) is 11.4 Å². The van der Waals surface area contributed by atoms with E-state index in [0.717, 1.165) is 35.4 Å². The summed E-state index contributed by atoms with van der Waals surface area (Å²) in [6, 6.07) is 5.96. The molecule has 19 heavy (non-hydrogen) atoms. The van der Waals surface area contributed by atoms with Crippen LogP contribution in [0.4, 0.5) is 0 Å². The first kappa shape index (κ1) is 12.1. The Balaban J connectivity index is 2.27. The van der Waals surface area contributed by atoms with Crippen LogP contribution in [0.2, 0.25) is 5.15 Å². The van der Waals surface area contributed by atoms with Crippen LogP contribution < -0.4 is 0 Å². The maximum absolute atomic E-state index is 6.21. The predicted molar refractivity (Wildman–Crippen MR) is 75.2 cm³/mol. The first-order valence-electron chi connectivity index (χ1n) is 6.23. The van der Waals surface area contributed by atoms with Crippen LogP contribution in [0.1, 0.15) is 18.9 Å². The summed E-state index contributed by atoms with van der Waals surface area (Å²) in [5.41, 5.74) is 3.76. The average Bonchev–Trinajstić information content (AvgIpc) is 2.89. The normalized spacial score (nSPS) is 11.1. The second-order valence-corrected chi connectivity index (χ2v) is 4.67. The van der Waals surface area contributed by atoms with Crippen molar-refractivity contribution >= 4 is 17.2 Å². The van der Waals surface area contributed by atoms with Crippen molar-refractivity contribution in [3.05, 3.63) is 47.6 Å². The predicted octanol–water partition coefficient (Wildman–Crippen LogP) is 3.40. The van der Waals surface area contributed by atoms with Crippen molar-refractivity contribution < 1.29 is 0 Å². The molecule has 0 saturated heterocycles.